The van der Waals surface area contributed by atoms with E-state index in [2.05, 4.69) is 4.98 Å². The first-order valence-corrected chi connectivity index (χ1v) is 6.81. The van der Waals surface area contributed by atoms with Gasteiger partial charge in [-0.1, -0.05) is 48.0 Å². The molecule has 1 heterocycles. The Balaban J connectivity index is 2.15. The minimum atomic E-state index is -0.776. The smallest absolute Gasteiger partial charge is 0.108 e. The van der Waals surface area contributed by atoms with Crippen LogP contribution in [0.1, 0.15) is 22.8 Å². The molecule has 0 radical (unpaired) electrons. The Morgan fingerprint density at radius 1 is 1.05 bits per heavy atom. The topological polar surface area (TPSA) is 33.1 Å². The van der Waals surface area contributed by atoms with Crippen molar-refractivity contribution in [3.8, 4) is 0 Å². The molecule has 0 saturated heterocycles. The standard InChI is InChI=1S/C17H14ClNO/c1-11-6-7-14(16(18)8-11)17(20)15-10-19-9-12-4-2-3-5-13(12)15/h2-10,17,20H,1H3. The molecular formula is C17H14ClNO. The van der Waals surface area contributed by atoms with Crippen LogP contribution in [0.4, 0.5) is 0 Å². The van der Waals surface area contributed by atoms with E-state index in [9.17, 15) is 5.11 Å². The van der Waals surface area contributed by atoms with Gasteiger partial charge < -0.3 is 5.11 Å². The summed E-state index contributed by atoms with van der Waals surface area (Å²) in [5.74, 6) is 0. The second-order valence-electron chi connectivity index (χ2n) is 4.88. The normalized spacial score (nSPS) is 12.6. The van der Waals surface area contributed by atoms with E-state index >= 15 is 0 Å². The van der Waals surface area contributed by atoms with Crippen molar-refractivity contribution in [3.63, 3.8) is 0 Å². The molecule has 0 aliphatic rings. The molecule has 0 aliphatic heterocycles. The molecule has 3 rings (SSSR count). The van der Waals surface area contributed by atoms with Gasteiger partial charge in [0.05, 0.1) is 0 Å². The molecule has 1 N–H and O–H groups in total. The summed E-state index contributed by atoms with van der Waals surface area (Å²) in [5, 5.41) is 13.2. The van der Waals surface area contributed by atoms with Crippen LogP contribution in [0.3, 0.4) is 0 Å². The highest BCUT2D eigenvalue weighted by molar-refractivity contribution is 6.31. The van der Waals surface area contributed by atoms with Gasteiger partial charge in [-0.2, -0.15) is 0 Å². The van der Waals surface area contributed by atoms with Gasteiger partial charge in [-0.3, -0.25) is 4.98 Å². The largest absolute Gasteiger partial charge is 0.384 e. The lowest BCUT2D eigenvalue weighted by atomic mass is 9.97. The van der Waals surface area contributed by atoms with Gasteiger partial charge in [0, 0.05) is 33.9 Å². The summed E-state index contributed by atoms with van der Waals surface area (Å²) < 4.78 is 0. The number of rotatable bonds is 2. The van der Waals surface area contributed by atoms with Gasteiger partial charge >= 0.3 is 0 Å². The molecule has 2 nitrogen and oxygen atoms in total. The van der Waals surface area contributed by atoms with E-state index in [1.807, 2.05) is 49.4 Å². The number of nitrogens with zero attached hydrogens (tertiary/aromatic N) is 1. The van der Waals surface area contributed by atoms with E-state index in [0.29, 0.717) is 10.6 Å². The lowest BCUT2D eigenvalue weighted by Crippen LogP contribution is -2.02. The summed E-state index contributed by atoms with van der Waals surface area (Å²) in [4.78, 5) is 4.20. The predicted molar refractivity (Wildman–Crippen MR) is 82.0 cm³/mol. The number of benzene rings is 2. The van der Waals surface area contributed by atoms with Crippen LogP contribution >= 0.6 is 11.6 Å². The van der Waals surface area contributed by atoms with E-state index in [4.69, 9.17) is 11.6 Å². The monoisotopic (exact) mass is 283 g/mol. The van der Waals surface area contributed by atoms with Crippen LogP contribution < -0.4 is 0 Å². The number of pyridine rings is 1. The van der Waals surface area contributed by atoms with Crippen molar-refractivity contribution in [3.05, 3.63) is 76.6 Å². The van der Waals surface area contributed by atoms with E-state index in [1.54, 1.807) is 12.4 Å². The zero-order valence-electron chi connectivity index (χ0n) is 11.0. The minimum Gasteiger partial charge on any atom is -0.384 e. The van der Waals surface area contributed by atoms with E-state index < -0.39 is 6.10 Å². The lowest BCUT2D eigenvalue weighted by molar-refractivity contribution is 0.221. The number of fused-ring (bicyclic) bond motifs is 1. The first-order chi connectivity index (χ1) is 9.66. The maximum Gasteiger partial charge on any atom is 0.108 e. The summed E-state index contributed by atoms with van der Waals surface area (Å²) in [6, 6.07) is 13.5. The fourth-order valence-corrected chi connectivity index (χ4v) is 2.72. The second-order valence-corrected chi connectivity index (χ2v) is 5.28. The number of halogens is 1. The zero-order chi connectivity index (χ0) is 14.1. The fourth-order valence-electron chi connectivity index (χ4n) is 2.38. The van der Waals surface area contributed by atoms with Crippen molar-refractivity contribution in [1.82, 2.24) is 4.98 Å². The van der Waals surface area contributed by atoms with Crippen molar-refractivity contribution >= 4 is 22.4 Å². The Labute approximate surface area is 122 Å². The number of aryl methyl sites for hydroxylation is 1. The van der Waals surface area contributed by atoms with Crippen LogP contribution in [0.2, 0.25) is 5.02 Å². The molecule has 0 aliphatic carbocycles. The third-order valence-corrected chi connectivity index (χ3v) is 3.77. The Bertz CT molecular complexity index is 765. The van der Waals surface area contributed by atoms with E-state index in [0.717, 1.165) is 21.9 Å². The molecule has 1 aromatic heterocycles. The average molecular weight is 284 g/mol. The Morgan fingerprint density at radius 3 is 2.65 bits per heavy atom. The Kier molecular flexibility index (Phi) is 3.43. The van der Waals surface area contributed by atoms with Crippen LogP contribution in [0.25, 0.3) is 10.8 Å². The summed E-state index contributed by atoms with van der Waals surface area (Å²) in [5.41, 5.74) is 2.55. The van der Waals surface area contributed by atoms with Gasteiger partial charge in [-0.05, 0) is 23.9 Å². The molecule has 100 valence electrons. The molecule has 20 heavy (non-hydrogen) atoms. The number of aliphatic hydroxyl groups excluding tert-OH is 1. The second kappa shape index (κ2) is 5.23. The third-order valence-electron chi connectivity index (χ3n) is 3.44. The van der Waals surface area contributed by atoms with Gasteiger partial charge in [0.15, 0.2) is 0 Å². The van der Waals surface area contributed by atoms with Gasteiger partial charge in [-0.15, -0.1) is 0 Å². The highest BCUT2D eigenvalue weighted by Gasteiger charge is 2.16. The van der Waals surface area contributed by atoms with Crippen molar-refractivity contribution in [1.29, 1.82) is 0 Å². The molecule has 0 fully saturated rings. The molecule has 0 spiro atoms. The lowest BCUT2D eigenvalue weighted by Gasteiger charge is -2.15. The van der Waals surface area contributed by atoms with E-state index in [-0.39, 0.29) is 0 Å². The molecule has 3 aromatic rings. The van der Waals surface area contributed by atoms with Crippen molar-refractivity contribution in [2.45, 2.75) is 13.0 Å². The van der Waals surface area contributed by atoms with Gasteiger partial charge in [0.25, 0.3) is 0 Å². The maximum absolute atomic E-state index is 10.6. The highest BCUT2D eigenvalue weighted by atomic mass is 35.5. The number of hydrogen-bond donors (Lipinski definition) is 1. The first kappa shape index (κ1) is 13.1. The molecule has 3 heteroatoms. The molecule has 0 amide bonds. The van der Waals surface area contributed by atoms with Crippen molar-refractivity contribution < 1.29 is 5.11 Å². The van der Waals surface area contributed by atoms with Crippen molar-refractivity contribution in [2.24, 2.45) is 0 Å². The first-order valence-electron chi connectivity index (χ1n) is 6.43. The van der Waals surface area contributed by atoms with Crippen LogP contribution in [-0.4, -0.2) is 10.1 Å². The number of aromatic nitrogens is 1. The molecule has 1 atom stereocenters. The van der Waals surface area contributed by atoms with Gasteiger partial charge in [0.2, 0.25) is 0 Å². The molecular weight excluding hydrogens is 270 g/mol. The Hall–Kier alpha value is -1.90. The SMILES string of the molecule is Cc1ccc(C(O)c2cncc3ccccc23)c(Cl)c1. The maximum atomic E-state index is 10.6. The summed E-state index contributed by atoms with van der Waals surface area (Å²) in [6.45, 7) is 1.97. The van der Waals surface area contributed by atoms with Crippen LogP contribution in [0, 0.1) is 6.92 Å². The summed E-state index contributed by atoms with van der Waals surface area (Å²) in [6.07, 6.45) is 2.72. The van der Waals surface area contributed by atoms with Crippen LogP contribution in [-0.2, 0) is 0 Å². The molecule has 2 aromatic carbocycles. The zero-order valence-corrected chi connectivity index (χ0v) is 11.8. The predicted octanol–water partition coefficient (Wildman–Crippen LogP) is 4.28. The molecule has 1 unspecified atom stereocenters. The van der Waals surface area contributed by atoms with E-state index in [1.165, 1.54) is 0 Å². The highest BCUT2D eigenvalue weighted by Crippen LogP contribution is 2.32. The summed E-state index contributed by atoms with van der Waals surface area (Å²) in [7, 11) is 0. The molecule has 0 saturated carbocycles. The average Bonchev–Trinajstić information content (AvgIpc) is 2.46. The van der Waals surface area contributed by atoms with Crippen molar-refractivity contribution in [2.75, 3.05) is 0 Å². The van der Waals surface area contributed by atoms with Gasteiger partial charge in [-0.25, -0.2) is 0 Å². The van der Waals surface area contributed by atoms with Crippen LogP contribution in [0.15, 0.2) is 54.9 Å². The fraction of sp³-hybridized carbons (Fsp3) is 0.118. The van der Waals surface area contributed by atoms with Crippen LogP contribution in [0.5, 0.6) is 0 Å². The van der Waals surface area contributed by atoms with Gasteiger partial charge in [0.1, 0.15) is 6.10 Å². The third kappa shape index (κ3) is 2.28. The number of aliphatic hydroxyl groups is 1. The number of hydrogen-bond acceptors (Lipinski definition) is 2. The summed E-state index contributed by atoms with van der Waals surface area (Å²) >= 11 is 6.25. The Morgan fingerprint density at radius 2 is 1.85 bits per heavy atom. The minimum absolute atomic E-state index is 0.574. The quantitative estimate of drug-likeness (QED) is 0.761. The molecule has 0 bridgehead atoms.